The molecule has 8 nitrogen and oxygen atoms in total. The molecule has 0 radical (unpaired) electrons. The zero-order valence-corrected chi connectivity index (χ0v) is 20.2. The lowest BCUT2D eigenvalue weighted by Gasteiger charge is -2.37. The number of methoxy groups -OCH3 is 2. The maximum atomic E-state index is 13.6. The van der Waals surface area contributed by atoms with Gasteiger partial charge in [0, 0.05) is 33.5 Å². The van der Waals surface area contributed by atoms with E-state index < -0.39 is 29.6 Å². The van der Waals surface area contributed by atoms with Crippen LogP contribution in [0.5, 0.6) is 0 Å². The second kappa shape index (κ2) is 10.5. The molecule has 1 N–H and O–H groups in total. The van der Waals surface area contributed by atoms with E-state index in [1.54, 1.807) is 19.2 Å². The molecule has 0 unspecified atom stereocenters. The molecule has 0 spiro atoms. The fourth-order valence-corrected chi connectivity index (χ4v) is 4.22. The van der Waals surface area contributed by atoms with Crippen molar-refractivity contribution in [3.63, 3.8) is 0 Å². The Morgan fingerprint density at radius 3 is 2.57 bits per heavy atom. The summed E-state index contributed by atoms with van der Waals surface area (Å²) >= 11 is 0. The quantitative estimate of drug-likeness (QED) is 0.614. The van der Waals surface area contributed by atoms with E-state index in [9.17, 15) is 23.2 Å². The predicted octanol–water partition coefficient (Wildman–Crippen LogP) is 3.86. The first-order valence-electron chi connectivity index (χ1n) is 10.9. The van der Waals surface area contributed by atoms with Gasteiger partial charge in [0.2, 0.25) is 5.91 Å². The van der Waals surface area contributed by atoms with Crippen molar-refractivity contribution in [2.45, 2.75) is 38.8 Å². The predicted molar refractivity (Wildman–Crippen MR) is 125 cm³/mol. The zero-order valence-electron chi connectivity index (χ0n) is 20.2. The number of ether oxygens (including phenoxy) is 2. The van der Waals surface area contributed by atoms with Crippen LogP contribution in [0.15, 0.2) is 24.3 Å². The lowest BCUT2D eigenvalue weighted by molar-refractivity contribution is -0.137. The van der Waals surface area contributed by atoms with Gasteiger partial charge in [0.1, 0.15) is 23.5 Å². The first kappa shape index (κ1) is 26.2. The molecule has 11 heteroatoms. The molecule has 0 aliphatic carbocycles. The molecule has 0 saturated heterocycles. The highest BCUT2D eigenvalue weighted by Gasteiger charge is 2.37. The molecule has 0 bridgehead atoms. The summed E-state index contributed by atoms with van der Waals surface area (Å²) in [6.45, 7) is 4.08. The SMILES string of the molecule is COC(CN1CC[C@H](Nc2nc(C)cc(C(F)(F)F)c2C#N)C(=O)N(C)c2cccc(C)c21)OC. The summed E-state index contributed by atoms with van der Waals surface area (Å²) in [5.74, 6) is -0.623. The van der Waals surface area contributed by atoms with Crippen molar-refractivity contribution in [2.24, 2.45) is 0 Å². The Hall–Kier alpha value is -3.36. The standard InChI is InChI=1S/C24H28F3N5O3/c1-14-7-6-8-19-21(14)32(13-20(34-4)35-5)10-9-18(23(33)31(19)3)30-22-16(12-28)17(24(25,26)27)11-15(2)29-22/h6-8,11,18,20H,9-10,13H2,1-5H3,(H,29,30)/t18-/m0/s1. The summed E-state index contributed by atoms with van der Waals surface area (Å²) in [7, 11) is 4.67. The van der Waals surface area contributed by atoms with E-state index in [2.05, 4.69) is 10.3 Å². The molecule has 2 heterocycles. The normalized spacial score (nSPS) is 16.6. The number of para-hydroxylation sites is 1. The van der Waals surface area contributed by atoms with Crippen molar-refractivity contribution in [3.8, 4) is 6.07 Å². The third-order valence-corrected chi connectivity index (χ3v) is 5.98. The number of alkyl halides is 3. The number of nitrogens with zero attached hydrogens (tertiary/aromatic N) is 4. The number of nitriles is 1. The van der Waals surface area contributed by atoms with E-state index in [1.807, 2.05) is 24.0 Å². The molecule has 1 amide bonds. The van der Waals surface area contributed by atoms with Gasteiger partial charge in [-0.25, -0.2) is 4.98 Å². The smallest absolute Gasteiger partial charge is 0.364 e. The van der Waals surface area contributed by atoms with Gasteiger partial charge in [0.15, 0.2) is 6.29 Å². The summed E-state index contributed by atoms with van der Waals surface area (Å²) in [6.07, 6.45) is -5.04. The molecule has 1 aliphatic heterocycles. The maximum absolute atomic E-state index is 13.6. The second-order valence-electron chi connectivity index (χ2n) is 8.32. The number of amides is 1. The Kier molecular flexibility index (Phi) is 7.87. The monoisotopic (exact) mass is 491 g/mol. The number of rotatable bonds is 6. The number of fused-ring (bicyclic) bond motifs is 1. The molecule has 3 rings (SSSR count). The second-order valence-corrected chi connectivity index (χ2v) is 8.32. The highest BCUT2D eigenvalue weighted by Crippen LogP contribution is 2.37. The summed E-state index contributed by atoms with van der Waals surface area (Å²) < 4.78 is 51.4. The van der Waals surface area contributed by atoms with Gasteiger partial charge < -0.3 is 24.6 Å². The molecule has 1 aliphatic rings. The Balaban J connectivity index is 2.04. The van der Waals surface area contributed by atoms with Gasteiger partial charge in [0.05, 0.1) is 23.5 Å². The van der Waals surface area contributed by atoms with Crippen molar-refractivity contribution in [2.75, 3.05) is 49.5 Å². The lowest BCUT2D eigenvalue weighted by Crippen LogP contribution is -2.47. The van der Waals surface area contributed by atoms with Crippen LogP contribution in [0.3, 0.4) is 0 Å². The fourth-order valence-electron chi connectivity index (χ4n) is 4.22. The van der Waals surface area contributed by atoms with Crippen molar-refractivity contribution in [1.82, 2.24) is 4.98 Å². The van der Waals surface area contributed by atoms with Gasteiger partial charge in [-0.1, -0.05) is 12.1 Å². The van der Waals surface area contributed by atoms with Crippen LogP contribution in [0.4, 0.5) is 30.4 Å². The molecular weight excluding hydrogens is 463 g/mol. The minimum absolute atomic E-state index is 0.0797. The third kappa shape index (κ3) is 5.49. The van der Waals surface area contributed by atoms with Gasteiger partial charge in [-0.3, -0.25) is 4.79 Å². The van der Waals surface area contributed by atoms with Crippen LogP contribution in [-0.4, -0.2) is 57.6 Å². The fraction of sp³-hybridized carbons (Fsp3) is 0.458. The first-order valence-corrected chi connectivity index (χ1v) is 10.9. The number of likely N-dealkylation sites (N-methyl/N-ethyl adjacent to an activating group) is 1. The van der Waals surface area contributed by atoms with Crippen LogP contribution in [0.1, 0.15) is 28.8 Å². The van der Waals surface area contributed by atoms with Crippen LogP contribution in [-0.2, 0) is 20.4 Å². The van der Waals surface area contributed by atoms with Gasteiger partial charge in [-0.05, 0) is 38.0 Å². The minimum atomic E-state index is -4.74. The number of pyridine rings is 1. The van der Waals surface area contributed by atoms with Crippen molar-refractivity contribution in [1.29, 1.82) is 5.26 Å². The Bertz CT molecular complexity index is 1130. The van der Waals surface area contributed by atoms with E-state index >= 15 is 0 Å². The first-order chi connectivity index (χ1) is 16.5. The van der Waals surface area contributed by atoms with E-state index in [0.29, 0.717) is 18.8 Å². The molecule has 188 valence electrons. The Labute approximate surface area is 202 Å². The number of benzene rings is 1. The summed E-state index contributed by atoms with van der Waals surface area (Å²) in [5.41, 5.74) is 0.769. The van der Waals surface area contributed by atoms with E-state index in [0.717, 1.165) is 17.3 Å². The van der Waals surface area contributed by atoms with E-state index in [4.69, 9.17) is 9.47 Å². The molecule has 1 atom stereocenters. The number of anilines is 3. The number of nitrogens with one attached hydrogen (secondary N) is 1. The topological polar surface area (TPSA) is 90.7 Å². The molecule has 0 saturated carbocycles. The van der Waals surface area contributed by atoms with Crippen molar-refractivity contribution >= 4 is 23.1 Å². The maximum Gasteiger partial charge on any atom is 0.417 e. The highest BCUT2D eigenvalue weighted by molar-refractivity contribution is 6.02. The van der Waals surface area contributed by atoms with Gasteiger partial charge in [-0.15, -0.1) is 0 Å². The molecule has 0 fully saturated rings. The van der Waals surface area contributed by atoms with Crippen LogP contribution < -0.4 is 15.1 Å². The zero-order chi connectivity index (χ0) is 25.9. The summed E-state index contributed by atoms with van der Waals surface area (Å²) in [4.78, 5) is 21.1. The van der Waals surface area contributed by atoms with E-state index in [1.165, 1.54) is 26.0 Å². The van der Waals surface area contributed by atoms with Crippen molar-refractivity contribution in [3.05, 3.63) is 46.6 Å². The lowest BCUT2D eigenvalue weighted by atomic mass is 10.0. The molecule has 35 heavy (non-hydrogen) atoms. The highest BCUT2D eigenvalue weighted by atomic mass is 19.4. The molecule has 2 aromatic rings. The average Bonchev–Trinajstić information content (AvgIpc) is 2.81. The Morgan fingerprint density at radius 2 is 1.97 bits per heavy atom. The third-order valence-electron chi connectivity index (χ3n) is 5.98. The average molecular weight is 492 g/mol. The summed E-state index contributed by atoms with van der Waals surface area (Å²) in [5, 5.41) is 12.3. The summed E-state index contributed by atoms with van der Waals surface area (Å²) in [6, 6.07) is 7.07. The van der Waals surface area contributed by atoms with Crippen molar-refractivity contribution < 1.29 is 27.4 Å². The number of hydrogen-bond donors (Lipinski definition) is 1. The number of hydrogen-bond acceptors (Lipinski definition) is 7. The van der Waals surface area contributed by atoms with E-state index in [-0.39, 0.29) is 23.8 Å². The molecule has 1 aromatic carbocycles. The number of aromatic nitrogens is 1. The van der Waals surface area contributed by atoms with Crippen LogP contribution in [0.25, 0.3) is 0 Å². The van der Waals surface area contributed by atoms with Crippen LogP contribution in [0.2, 0.25) is 0 Å². The molecule has 1 aromatic heterocycles. The largest absolute Gasteiger partial charge is 0.417 e. The minimum Gasteiger partial charge on any atom is -0.364 e. The van der Waals surface area contributed by atoms with Gasteiger partial charge in [-0.2, -0.15) is 18.4 Å². The van der Waals surface area contributed by atoms with Crippen LogP contribution >= 0.6 is 0 Å². The van der Waals surface area contributed by atoms with Gasteiger partial charge in [0.25, 0.3) is 0 Å². The molecular formula is C24H28F3N5O3. The Morgan fingerprint density at radius 1 is 1.29 bits per heavy atom. The number of aryl methyl sites for hydroxylation is 2. The number of carbonyl (C=O) groups excluding carboxylic acids is 1. The van der Waals surface area contributed by atoms with Gasteiger partial charge >= 0.3 is 6.18 Å². The number of carbonyl (C=O) groups is 1. The number of halogens is 3. The van der Waals surface area contributed by atoms with Crippen LogP contribution in [0, 0.1) is 25.2 Å².